The van der Waals surface area contributed by atoms with Crippen molar-refractivity contribution < 1.29 is 0 Å². The average molecular weight is 269 g/mol. The van der Waals surface area contributed by atoms with Gasteiger partial charge in [0.15, 0.2) is 0 Å². The molecule has 0 aliphatic rings. The maximum Gasteiger partial charge on any atom is 0.0933 e. The first kappa shape index (κ1) is 12.0. The first-order valence-corrected chi connectivity index (χ1v) is 6.53. The predicted molar refractivity (Wildman–Crippen MR) is 80.5 cm³/mol. The Morgan fingerprint density at radius 3 is 2.68 bits per heavy atom. The van der Waals surface area contributed by atoms with Gasteiger partial charge in [-0.05, 0) is 23.8 Å². The predicted octanol–water partition coefficient (Wildman–Crippen LogP) is 4.50. The van der Waals surface area contributed by atoms with Crippen LogP contribution >= 0.6 is 11.6 Å². The third-order valence-electron chi connectivity index (χ3n) is 3.06. The van der Waals surface area contributed by atoms with Gasteiger partial charge < -0.3 is 5.32 Å². The van der Waals surface area contributed by atoms with Gasteiger partial charge >= 0.3 is 0 Å². The number of hydrogen-bond donors (Lipinski definition) is 1. The van der Waals surface area contributed by atoms with Crippen LogP contribution < -0.4 is 5.32 Å². The Morgan fingerprint density at radius 2 is 1.79 bits per heavy atom. The number of fused-ring (bicyclic) bond motifs is 1. The summed E-state index contributed by atoms with van der Waals surface area (Å²) in [5.74, 6) is 0. The summed E-state index contributed by atoms with van der Waals surface area (Å²) in [6, 6.07) is 18.0. The van der Waals surface area contributed by atoms with E-state index in [4.69, 9.17) is 11.6 Å². The number of hydrogen-bond acceptors (Lipinski definition) is 2. The minimum Gasteiger partial charge on any atom is -0.379 e. The van der Waals surface area contributed by atoms with Crippen molar-refractivity contribution in [3.8, 4) is 0 Å². The number of nitrogens with zero attached hydrogens (tertiary/aromatic N) is 1. The van der Waals surface area contributed by atoms with Crippen LogP contribution in [0.4, 0.5) is 5.69 Å². The molecule has 0 aliphatic heterocycles. The maximum absolute atomic E-state index is 6.15. The van der Waals surface area contributed by atoms with Crippen LogP contribution in [0.1, 0.15) is 5.56 Å². The monoisotopic (exact) mass is 268 g/mol. The highest BCUT2D eigenvalue weighted by Crippen LogP contribution is 2.22. The molecule has 1 aromatic heterocycles. The van der Waals surface area contributed by atoms with Crippen molar-refractivity contribution in [2.45, 2.75) is 6.54 Å². The Labute approximate surface area is 117 Å². The average Bonchev–Trinajstić information content (AvgIpc) is 2.46. The summed E-state index contributed by atoms with van der Waals surface area (Å²) < 4.78 is 0. The highest BCUT2D eigenvalue weighted by Gasteiger charge is 2.02. The van der Waals surface area contributed by atoms with Gasteiger partial charge in [0, 0.05) is 23.2 Å². The van der Waals surface area contributed by atoms with Crippen molar-refractivity contribution in [3.63, 3.8) is 0 Å². The molecule has 0 unspecified atom stereocenters. The zero-order chi connectivity index (χ0) is 13.1. The van der Waals surface area contributed by atoms with Gasteiger partial charge in [0.25, 0.3) is 0 Å². The van der Waals surface area contributed by atoms with Crippen LogP contribution in [0.15, 0.2) is 60.8 Å². The van der Waals surface area contributed by atoms with Gasteiger partial charge in [0.05, 0.1) is 11.2 Å². The highest BCUT2D eigenvalue weighted by molar-refractivity contribution is 6.31. The Morgan fingerprint density at radius 1 is 0.947 bits per heavy atom. The molecule has 0 fully saturated rings. The van der Waals surface area contributed by atoms with E-state index < -0.39 is 0 Å². The summed E-state index contributed by atoms with van der Waals surface area (Å²) in [5.41, 5.74) is 3.09. The van der Waals surface area contributed by atoms with Gasteiger partial charge in [-0.25, -0.2) is 0 Å². The SMILES string of the molecule is Clc1ccccc1CNc1cccc2cccnc12. The van der Waals surface area contributed by atoms with Gasteiger partial charge in [-0.3, -0.25) is 4.98 Å². The lowest BCUT2D eigenvalue weighted by atomic mass is 10.1. The highest BCUT2D eigenvalue weighted by atomic mass is 35.5. The Kier molecular flexibility index (Phi) is 3.34. The number of anilines is 1. The van der Waals surface area contributed by atoms with E-state index in [0.717, 1.165) is 27.2 Å². The molecule has 3 rings (SSSR count). The molecule has 2 aromatic carbocycles. The second-order valence-corrected chi connectivity index (χ2v) is 4.73. The number of halogens is 1. The molecule has 0 saturated heterocycles. The molecule has 0 amide bonds. The molecule has 0 radical (unpaired) electrons. The molecule has 0 saturated carbocycles. The van der Waals surface area contributed by atoms with Crippen molar-refractivity contribution in [2.75, 3.05) is 5.32 Å². The van der Waals surface area contributed by atoms with E-state index in [0.29, 0.717) is 6.54 Å². The van der Waals surface area contributed by atoms with Crippen molar-refractivity contribution in [1.82, 2.24) is 4.98 Å². The topological polar surface area (TPSA) is 24.9 Å². The number of rotatable bonds is 3. The van der Waals surface area contributed by atoms with Crippen molar-refractivity contribution >= 4 is 28.2 Å². The number of nitrogens with one attached hydrogen (secondary N) is 1. The molecular weight excluding hydrogens is 256 g/mol. The number of pyridine rings is 1. The molecule has 1 N–H and O–H groups in total. The quantitative estimate of drug-likeness (QED) is 0.756. The minimum atomic E-state index is 0.690. The molecular formula is C16H13ClN2. The van der Waals surface area contributed by atoms with Crippen molar-refractivity contribution in [1.29, 1.82) is 0 Å². The van der Waals surface area contributed by atoms with Gasteiger partial charge in [-0.1, -0.05) is 48.0 Å². The standard InChI is InChI=1S/C16H13ClN2/c17-14-8-2-1-5-13(14)11-19-15-9-3-6-12-7-4-10-18-16(12)15/h1-10,19H,11H2. The second-order valence-electron chi connectivity index (χ2n) is 4.33. The molecule has 1 heterocycles. The Hall–Kier alpha value is -2.06. The van der Waals surface area contributed by atoms with E-state index in [1.165, 1.54) is 0 Å². The van der Waals surface area contributed by atoms with Crippen LogP contribution in [0.2, 0.25) is 5.02 Å². The molecule has 94 valence electrons. The van der Waals surface area contributed by atoms with Crippen LogP contribution in [0.5, 0.6) is 0 Å². The fraction of sp³-hybridized carbons (Fsp3) is 0.0625. The molecule has 3 heteroatoms. The van der Waals surface area contributed by atoms with Crippen LogP contribution in [-0.2, 0) is 6.54 Å². The summed E-state index contributed by atoms with van der Waals surface area (Å²) in [7, 11) is 0. The molecule has 3 aromatic rings. The molecule has 19 heavy (non-hydrogen) atoms. The van der Waals surface area contributed by atoms with E-state index in [-0.39, 0.29) is 0 Å². The lowest BCUT2D eigenvalue weighted by Crippen LogP contribution is -2.01. The van der Waals surface area contributed by atoms with E-state index in [1.807, 2.05) is 48.7 Å². The lowest BCUT2D eigenvalue weighted by molar-refractivity contribution is 1.15. The first-order valence-electron chi connectivity index (χ1n) is 6.15. The van der Waals surface area contributed by atoms with Crippen molar-refractivity contribution in [2.24, 2.45) is 0 Å². The van der Waals surface area contributed by atoms with Gasteiger partial charge in [-0.2, -0.15) is 0 Å². The number of para-hydroxylation sites is 1. The molecule has 0 aliphatic carbocycles. The van der Waals surface area contributed by atoms with Gasteiger partial charge in [-0.15, -0.1) is 0 Å². The summed E-state index contributed by atoms with van der Waals surface area (Å²) in [5, 5.41) is 5.31. The van der Waals surface area contributed by atoms with E-state index in [2.05, 4.69) is 22.4 Å². The van der Waals surface area contributed by atoms with E-state index in [1.54, 1.807) is 0 Å². The zero-order valence-electron chi connectivity index (χ0n) is 10.3. The van der Waals surface area contributed by atoms with Crippen LogP contribution in [-0.4, -0.2) is 4.98 Å². The molecule has 0 spiro atoms. The Balaban J connectivity index is 1.88. The van der Waals surface area contributed by atoms with Crippen LogP contribution in [0.3, 0.4) is 0 Å². The smallest absolute Gasteiger partial charge is 0.0933 e. The van der Waals surface area contributed by atoms with E-state index in [9.17, 15) is 0 Å². The van der Waals surface area contributed by atoms with E-state index >= 15 is 0 Å². The van der Waals surface area contributed by atoms with Crippen molar-refractivity contribution in [3.05, 3.63) is 71.4 Å². The fourth-order valence-corrected chi connectivity index (χ4v) is 2.28. The molecule has 0 bridgehead atoms. The van der Waals surface area contributed by atoms with Gasteiger partial charge in [0.2, 0.25) is 0 Å². The second kappa shape index (κ2) is 5.29. The maximum atomic E-state index is 6.15. The van der Waals surface area contributed by atoms with Crippen LogP contribution in [0, 0.1) is 0 Å². The largest absolute Gasteiger partial charge is 0.379 e. The summed E-state index contributed by atoms with van der Waals surface area (Å²) in [4.78, 5) is 4.42. The first-order chi connectivity index (χ1) is 9.34. The third kappa shape index (κ3) is 2.54. The molecule has 0 atom stereocenters. The summed E-state index contributed by atoms with van der Waals surface area (Å²) >= 11 is 6.15. The van der Waals surface area contributed by atoms with Gasteiger partial charge in [0.1, 0.15) is 0 Å². The van der Waals surface area contributed by atoms with Crippen LogP contribution in [0.25, 0.3) is 10.9 Å². The Bertz CT molecular complexity index is 704. The summed E-state index contributed by atoms with van der Waals surface area (Å²) in [6.07, 6.45) is 1.81. The molecule has 2 nitrogen and oxygen atoms in total. The fourth-order valence-electron chi connectivity index (χ4n) is 2.08. The third-order valence-corrected chi connectivity index (χ3v) is 3.43. The normalized spacial score (nSPS) is 10.6. The lowest BCUT2D eigenvalue weighted by Gasteiger charge is -2.10. The number of benzene rings is 2. The summed E-state index contributed by atoms with van der Waals surface area (Å²) in [6.45, 7) is 0.690. The minimum absolute atomic E-state index is 0.690. The number of aromatic nitrogens is 1. The zero-order valence-corrected chi connectivity index (χ0v) is 11.1.